The molecule has 1 aromatic heterocycles. The van der Waals surface area contributed by atoms with Crippen LogP contribution in [0.15, 0.2) is 53.5 Å². The van der Waals surface area contributed by atoms with Crippen molar-refractivity contribution in [1.82, 2.24) is 9.88 Å². The van der Waals surface area contributed by atoms with Crippen LogP contribution in [0, 0.1) is 6.92 Å². The Kier molecular flexibility index (Phi) is 4.13. The third-order valence-corrected chi connectivity index (χ3v) is 2.82. The van der Waals surface area contributed by atoms with Crippen molar-refractivity contribution in [3.05, 3.63) is 70.1 Å². The smallest absolute Gasteiger partial charge is 0.250 e. The highest BCUT2D eigenvalue weighted by molar-refractivity contribution is 5.75. The molecule has 0 aliphatic carbocycles. The molecule has 0 radical (unpaired) electrons. The Morgan fingerprint density at radius 1 is 1.16 bits per heavy atom. The maximum Gasteiger partial charge on any atom is 0.250 e. The third-order valence-electron chi connectivity index (χ3n) is 2.82. The lowest BCUT2D eigenvalue weighted by atomic mass is 10.1. The monoisotopic (exact) mass is 256 g/mol. The van der Waals surface area contributed by atoms with E-state index in [1.807, 2.05) is 31.2 Å². The fraction of sp³-hybridized carbons (Fsp3) is 0.200. The van der Waals surface area contributed by atoms with Crippen molar-refractivity contribution in [1.29, 1.82) is 0 Å². The van der Waals surface area contributed by atoms with Crippen LogP contribution in [0.2, 0.25) is 0 Å². The van der Waals surface area contributed by atoms with E-state index in [1.54, 1.807) is 18.3 Å². The van der Waals surface area contributed by atoms with Crippen molar-refractivity contribution < 1.29 is 4.79 Å². The van der Waals surface area contributed by atoms with Crippen LogP contribution in [0.1, 0.15) is 11.1 Å². The molecule has 0 unspecified atom stereocenters. The normalized spacial score (nSPS) is 10.2. The zero-order chi connectivity index (χ0) is 13.7. The van der Waals surface area contributed by atoms with Gasteiger partial charge < -0.3 is 9.88 Å². The average molecular weight is 256 g/mol. The minimum atomic E-state index is -0.173. The first-order valence-electron chi connectivity index (χ1n) is 6.13. The van der Waals surface area contributed by atoms with Crippen molar-refractivity contribution in [3.8, 4) is 0 Å². The summed E-state index contributed by atoms with van der Waals surface area (Å²) in [6.07, 6.45) is 1.60. The highest BCUT2D eigenvalue weighted by atomic mass is 16.2. The summed E-state index contributed by atoms with van der Waals surface area (Å²) in [5, 5.41) is 2.80. The van der Waals surface area contributed by atoms with E-state index in [0.717, 1.165) is 5.56 Å². The number of aromatic nitrogens is 1. The summed E-state index contributed by atoms with van der Waals surface area (Å²) >= 11 is 0. The molecule has 0 saturated carbocycles. The first-order valence-corrected chi connectivity index (χ1v) is 6.13. The van der Waals surface area contributed by atoms with Crippen LogP contribution < -0.4 is 10.9 Å². The fourth-order valence-electron chi connectivity index (χ4n) is 1.71. The van der Waals surface area contributed by atoms with Gasteiger partial charge in [0.15, 0.2) is 0 Å². The van der Waals surface area contributed by atoms with Crippen molar-refractivity contribution >= 4 is 5.91 Å². The van der Waals surface area contributed by atoms with Crippen molar-refractivity contribution in [2.24, 2.45) is 0 Å². The summed E-state index contributed by atoms with van der Waals surface area (Å²) in [5.41, 5.74) is 2.05. The molecule has 1 aromatic carbocycles. The Labute approximate surface area is 111 Å². The van der Waals surface area contributed by atoms with E-state index in [1.165, 1.54) is 16.2 Å². The highest BCUT2D eigenvalue weighted by Gasteiger charge is 2.03. The number of benzene rings is 1. The van der Waals surface area contributed by atoms with E-state index >= 15 is 0 Å². The van der Waals surface area contributed by atoms with Crippen LogP contribution in [-0.4, -0.2) is 10.5 Å². The number of hydrogen-bond acceptors (Lipinski definition) is 2. The van der Waals surface area contributed by atoms with Crippen molar-refractivity contribution in [2.45, 2.75) is 20.0 Å². The van der Waals surface area contributed by atoms with Crippen molar-refractivity contribution in [2.75, 3.05) is 0 Å². The molecular formula is C15H16N2O2. The number of rotatable bonds is 4. The molecule has 2 rings (SSSR count). The predicted octanol–water partition coefficient (Wildman–Crippen LogP) is 1.47. The Hall–Kier alpha value is -2.36. The van der Waals surface area contributed by atoms with Gasteiger partial charge in [-0.2, -0.15) is 0 Å². The van der Waals surface area contributed by atoms with Gasteiger partial charge in [0.05, 0.1) is 0 Å². The quantitative estimate of drug-likeness (QED) is 0.900. The third kappa shape index (κ3) is 3.81. The molecule has 1 N–H and O–H groups in total. The number of pyridine rings is 1. The molecule has 0 spiro atoms. The molecule has 0 saturated heterocycles. The molecule has 4 heteroatoms. The number of nitrogens with one attached hydrogen (secondary N) is 1. The largest absolute Gasteiger partial charge is 0.350 e. The molecule has 0 bridgehead atoms. The summed E-state index contributed by atoms with van der Waals surface area (Å²) in [5.74, 6) is -0.172. The Balaban J connectivity index is 1.90. The number of amides is 1. The fourth-order valence-corrected chi connectivity index (χ4v) is 1.71. The van der Waals surface area contributed by atoms with Crippen LogP contribution in [0.25, 0.3) is 0 Å². The predicted molar refractivity (Wildman–Crippen MR) is 73.7 cm³/mol. The molecular weight excluding hydrogens is 240 g/mol. The van der Waals surface area contributed by atoms with Gasteiger partial charge in [-0.25, -0.2) is 0 Å². The van der Waals surface area contributed by atoms with E-state index < -0.39 is 0 Å². The first kappa shape index (κ1) is 13.1. The van der Waals surface area contributed by atoms with Gasteiger partial charge in [-0.15, -0.1) is 0 Å². The zero-order valence-electron chi connectivity index (χ0n) is 10.8. The van der Waals surface area contributed by atoms with Gasteiger partial charge in [-0.05, 0) is 18.6 Å². The second-order valence-corrected chi connectivity index (χ2v) is 4.43. The zero-order valence-corrected chi connectivity index (χ0v) is 10.8. The van der Waals surface area contributed by atoms with Crippen LogP contribution >= 0.6 is 0 Å². The second kappa shape index (κ2) is 6.00. The average Bonchev–Trinajstić information content (AvgIpc) is 2.41. The number of carbonyl (C=O) groups excluding carboxylic acids is 1. The summed E-state index contributed by atoms with van der Waals surface area (Å²) in [4.78, 5) is 23.2. The van der Waals surface area contributed by atoms with E-state index in [9.17, 15) is 9.59 Å². The molecule has 98 valence electrons. The number of nitrogens with zero attached hydrogens (tertiary/aromatic N) is 1. The molecule has 2 aromatic rings. The summed E-state index contributed by atoms with van der Waals surface area (Å²) in [6.45, 7) is 2.54. The Morgan fingerprint density at radius 2 is 1.89 bits per heavy atom. The molecule has 0 fully saturated rings. The first-order chi connectivity index (χ1) is 9.15. The van der Waals surface area contributed by atoms with Gasteiger partial charge in [0.25, 0.3) is 5.56 Å². The molecule has 19 heavy (non-hydrogen) atoms. The molecule has 0 aliphatic rings. The lowest BCUT2D eigenvalue weighted by molar-refractivity contribution is -0.121. The lowest BCUT2D eigenvalue weighted by Gasteiger charge is -2.07. The summed E-state index contributed by atoms with van der Waals surface area (Å²) in [7, 11) is 0. The van der Waals surface area contributed by atoms with Gasteiger partial charge in [-0.1, -0.05) is 35.9 Å². The Morgan fingerprint density at radius 3 is 2.58 bits per heavy atom. The minimum absolute atomic E-state index is 0.0472. The maximum atomic E-state index is 11.7. The van der Waals surface area contributed by atoms with E-state index in [-0.39, 0.29) is 18.0 Å². The Bertz CT molecular complexity index is 615. The van der Waals surface area contributed by atoms with Crippen LogP contribution in [0.5, 0.6) is 0 Å². The van der Waals surface area contributed by atoms with Gasteiger partial charge in [0.2, 0.25) is 5.91 Å². The summed E-state index contributed by atoms with van der Waals surface area (Å²) < 4.78 is 1.38. The standard InChI is InChI=1S/C15H16N2O2/c1-12-5-7-13(8-6-12)10-16-14(18)11-17-9-3-2-4-15(17)19/h2-9H,10-11H2,1H3,(H,16,18). The molecule has 0 atom stereocenters. The van der Waals surface area contributed by atoms with E-state index in [4.69, 9.17) is 0 Å². The van der Waals surface area contributed by atoms with Crippen LogP contribution in [-0.2, 0) is 17.9 Å². The lowest BCUT2D eigenvalue weighted by Crippen LogP contribution is -2.31. The van der Waals surface area contributed by atoms with E-state index in [0.29, 0.717) is 6.54 Å². The van der Waals surface area contributed by atoms with Crippen LogP contribution in [0.4, 0.5) is 0 Å². The highest BCUT2D eigenvalue weighted by Crippen LogP contribution is 2.02. The van der Waals surface area contributed by atoms with Gasteiger partial charge in [-0.3, -0.25) is 9.59 Å². The molecule has 1 amide bonds. The van der Waals surface area contributed by atoms with Gasteiger partial charge >= 0.3 is 0 Å². The number of hydrogen-bond donors (Lipinski definition) is 1. The van der Waals surface area contributed by atoms with E-state index in [2.05, 4.69) is 5.32 Å². The molecule has 4 nitrogen and oxygen atoms in total. The maximum absolute atomic E-state index is 11.7. The van der Waals surface area contributed by atoms with Crippen LogP contribution in [0.3, 0.4) is 0 Å². The van der Waals surface area contributed by atoms with Crippen molar-refractivity contribution in [3.63, 3.8) is 0 Å². The molecule has 0 aliphatic heterocycles. The van der Waals surface area contributed by atoms with Gasteiger partial charge in [0.1, 0.15) is 6.54 Å². The summed E-state index contributed by atoms with van der Waals surface area (Å²) in [6, 6.07) is 12.8. The SMILES string of the molecule is Cc1ccc(CNC(=O)Cn2ccccc2=O)cc1. The molecule has 1 heterocycles. The minimum Gasteiger partial charge on any atom is -0.350 e. The number of aryl methyl sites for hydroxylation is 1. The number of carbonyl (C=O) groups is 1. The topological polar surface area (TPSA) is 51.1 Å². The second-order valence-electron chi connectivity index (χ2n) is 4.43. The van der Waals surface area contributed by atoms with Gasteiger partial charge in [0, 0.05) is 18.8 Å².